The van der Waals surface area contributed by atoms with Gasteiger partial charge in [-0.05, 0) is 56.2 Å². The summed E-state index contributed by atoms with van der Waals surface area (Å²) in [5.74, 6) is -0.655. The molecule has 0 aliphatic rings. The summed E-state index contributed by atoms with van der Waals surface area (Å²) in [6.45, 7) is 5.47. The van der Waals surface area contributed by atoms with E-state index >= 15 is 0 Å². The molecule has 0 fully saturated rings. The summed E-state index contributed by atoms with van der Waals surface area (Å²) in [6.07, 6.45) is 4.33. The summed E-state index contributed by atoms with van der Waals surface area (Å²) in [5, 5.41) is 2.50. The Morgan fingerprint density at radius 1 is 1.23 bits per heavy atom. The van der Waals surface area contributed by atoms with Gasteiger partial charge in [-0.1, -0.05) is 25.2 Å². The molecule has 1 heterocycles. The Morgan fingerprint density at radius 3 is 2.58 bits per heavy atom. The average molecular weight is 432 g/mol. The zero-order chi connectivity index (χ0) is 23.0. The van der Waals surface area contributed by atoms with E-state index in [-0.39, 0.29) is 17.0 Å². The van der Waals surface area contributed by atoms with Crippen molar-refractivity contribution in [3.63, 3.8) is 0 Å². The topological polar surface area (TPSA) is 71.2 Å². The lowest BCUT2D eigenvalue weighted by Gasteiger charge is -2.16. The highest BCUT2D eigenvalue weighted by Gasteiger charge is 2.32. The third kappa shape index (κ3) is 6.74. The maximum Gasteiger partial charge on any atom is 0.416 e. The summed E-state index contributed by atoms with van der Waals surface area (Å²) >= 11 is 0. The molecule has 0 saturated carbocycles. The Kier molecular flexibility index (Phi) is 8.01. The van der Waals surface area contributed by atoms with Crippen LogP contribution in [0.1, 0.15) is 43.1 Å². The number of carbonyl (C=O) groups is 1. The van der Waals surface area contributed by atoms with Crippen LogP contribution in [0, 0.1) is 0 Å². The maximum absolute atomic E-state index is 13.3. The number of amides is 1. The second-order valence-electron chi connectivity index (χ2n) is 6.56. The van der Waals surface area contributed by atoms with Crippen LogP contribution in [-0.2, 0) is 6.18 Å². The van der Waals surface area contributed by atoms with Gasteiger partial charge in [0.25, 0.3) is 5.91 Å². The van der Waals surface area contributed by atoms with E-state index in [0.29, 0.717) is 17.8 Å². The van der Waals surface area contributed by atoms with Crippen molar-refractivity contribution in [2.75, 3.05) is 5.32 Å². The van der Waals surface area contributed by atoms with Crippen LogP contribution >= 0.6 is 0 Å². The third-order valence-electron chi connectivity index (χ3n) is 4.15. The number of pyridine rings is 1. The first-order valence-corrected chi connectivity index (χ1v) is 9.55. The molecule has 0 unspecified atom stereocenters. The van der Waals surface area contributed by atoms with Crippen LogP contribution in [0.15, 0.2) is 77.0 Å². The van der Waals surface area contributed by atoms with E-state index < -0.39 is 23.2 Å². The van der Waals surface area contributed by atoms with Crippen LogP contribution in [0.5, 0.6) is 5.75 Å². The highest BCUT2D eigenvalue weighted by Crippen LogP contribution is 2.34. The average Bonchev–Trinajstić information content (AvgIpc) is 2.70. The minimum absolute atomic E-state index is 0.107. The lowest BCUT2D eigenvalue weighted by atomic mass is 10.1. The lowest BCUT2D eigenvalue weighted by molar-refractivity contribution is -0.137. The quantitative estimate of drug-likeness (QED) is 0.426. The van der Waals surface area contributed by atoms with E-state index in [9.17, 15) is 22.8 Å². The number of hydrogen-bond donors (Lipinski definition) is 2. The summed E-state index contributed by atoms with van der Waals surface area (Å²) < 4.78 is 45.6. The molecule has 0 aliphatic carbocycles. The van der Waals surface area contributed by atoms with Crippen LogP contribution in [-0.4, -0.2) is 10.9 Å². The van der Waals surface area contributed by atoms with Gasteiger partial charge in [0, 0.05) is 18.0 Å². The van der Waals surface area contributed by atoms with Gasteiger partial charge in [0.2, 0.25) is 5.56 Å². The van der Waals surface area contributed by atoms with Crippen molar-refractivity contribution in [3.05, 3.63) is 93.6 Å². The number of benzene rings is 1. The van der Waals surface area contributed by atoms with Gasteiger partial charge in [-0.15, -0.1) is 0 Å². The fourth-order valence-electron chi connectivity index (χ4n) is 2.65. The van der Waals surface area contributed by atoms with Crippen molar-refractivity contribution < 1.29 is 22.7 Å². The zero-order valence-electron chi connectivity index (χ0n) is 17.3. The molecule has 1 aromatic carbocycles. The van der Waals surface area contributed by atoms with Gasteiger partial charge in [0.05, 0.1) is 11.1 Å². The molecule has 0 radical (unpaired) electrons. The number of anilines is 1. The van der Waals surface area contributed by atoms with Crippen LogP contribution in [0.3, 0.4) is 0 Å². The number of rotatable bonds is 7. The number of aromatic amines is 1. The van der Waals surface area contributed by atoms with E-state index in [4.69, 9.17) is 4.74 Å². The molecular weight excluding hydrogens is 409 g/mol. The zero-order valence-corrected chi connectivity index (χ0v) is 17.3. The molecular formula is C23H23F3N2O3. The smallest absolute Gasteiger partial charge is 0.416 e. The van der Waals surface area contributed by atoms with Crippen molar-refractivity contribution >= 4 is 11.6 Å². The molecule has 0 saturated heterocycles. The molecule has 2 rings (SSSR count). The maximum atomic E-state index is 13.3. The molecule has 1 aromatic heterocycles. The third-order valence-corrected chi connectivity index (χ3v) is 4.15. The fourth-order valence-corrected chi connectivity index (χ4v) is 2.65. The van der Waals surface area contributed by atoms with Crippen LogP contribution < -0.4 is 15.6 Å². The Balaban J connectivity index is 2.52. The Morgan fingerprint density at radius 2 is 1.97 bits per heavy atom. The molecule has 0 atom stereocenters. The number of alkyl halides is 3. The molecule has 8 heteroatoms. The molecule has 164 valence electrons. The Hall–Kier alpha value is -3.55. The SMILES string of the molecule is C\C=C/C=C(Oc1cc(C(F)(F)F)ccc1C(=O)Nc1cc[nH]c(=O)c1)\C(C)=C\CC. The standard InChI is InChI=1S/C23H23F3N2O3/c1-4-6-8-19(15(3)7-5-2)31-20-13-16(23(24,25)26)9-10-18(20)22(30)28-17-11-12-27-21(29)14-17/h4,6-14H,5H2,1-3H3,(H2,27,28,29,30)/b6-4-,15-7+,19-8+. The first kappa shape index (κ1) is 23.7. The van der Waals surface area contributed by atoms with E-state index in [2.05, 4.69) is 10.3 Å². The first-order valence-electron chi connectivity index (χ1n) is 9.55. The van der Waals surface area contributed by atoms with Crippen molar-refractivity contribution in [1.29, 1.82) is 0 Å². The van der Waals surface area contributed by atoms with Gasteiger partial charge in [0.15, 0.2) is 0 Å². The molecule has 2 aromatic rings. The van der Waals surface area contributed by atoms with E-state index in [0.717, 1.165) is 24.3 Å². The lowest BCUT2D eigenvalue weighted by Crippen LogP contribution is -2.16. The van der Waals surface area contributed by atoms with Gasteiger partial charge in [0.1, 0.15) is 11.5 Å². The first-order chi connectivity index (χ1) is 14.7. The summed E-state index contributed by atoms with van der Waals surface area (Å²) in [5.41, 5.74) is -0.578. The molecule has 1 amide bonds. The molecule has 5 nitrogen and oxygen atoms in total. The number of allylic oxidation sites excluding steroid dienone is 5. The summed E-state index contributed by atoms with van der Waals surface area (Å²) in [7, 11) is 0. The number of H-pyrrole nitrogens is 1. The largest absolute Gasteiger partial charge is 0.456 e. The van der Waals surface area contributed by atoms with Crippen LogP contribution in [0.4, 0.5) is 18.9 Å². The summed E-state index contributed by atoms with van der Waals surface area (Å²) in [4.78, 5) is 26.6. The van der Waals surface area contributed by atoms with Crippen molar-refractivity contribution in [1.82, 2.24) is 4.98 Å². The number of hydrogen-bond acceptors (Lipinski definition) is 3. The van der Waals surface area contributed by atoms with Crippen molar-refractivity contribution in [2.24, 2.45) is 0 Å². The number of carbonyl (C=O) groups excluding carboxylic acids is 1. The predicted molar refractivity (Wildman–Crippen MR) is 114 cm³/mol. The summed E-state index contributed by atoms with van der Waals surface area (Å²) in [6, 6.07) is 5.26. The van der Waals surface area contributed by atoms with Crippen LogP contribution in [0.2, 0.25) is 0 Å². The monoisotopic (exact) mass is 432 g/mol. The molecule has 0 aliphatic heterocycles. The molecule has 0 spiro atoms. The van der Waals surface area contributed by atoms with Gasteiger partial charge in [-0.2, -0.15) is 13.2 Å². The number of nitrogens with one attached hydrogen (secondary N) is 2. The Labute approximate surface area is 178 Å². The van der Waals surface area contributed by atoms with Crippen LogP contribution in [0.25, 0.3) is 0 Å². The number of aromatic nitrogens is 1. The van der Waals surface area contributed by atoms with E-state index in [1.54, 1.807) is 32.1 Å². The fraction of sp³-hybridized carbons (Fsp3) is 0.217. The predicted octanol–water partition coefficient (Wildman–Crippen LogP) is 5.84. The van der Waals surface area contributed by atoms with E-state index in [1.165, 1.54) is 12.3 Å². The second kappa shape index (κ2) is 10.5. The normalized spacial score (nSPS) is 12.8. The molecule has 2 N–H and O–H groups in total. The number of ether oxygens (including phenoxy) is 1. The van der Waals surface area contributed by atoms with E-state index in [1.807, 2.05) is 13.0 Å². The second-order valence-corrected chi connectivity index (χ2v) is 6.56. The molecule has 0 bridgehead atoms. The number of halogens is 3. The Bertz CT molecular complexity index is 1080. The van der Waals surface area contributed by atoms with Crippen molar-refractivity contribution in [3.8, 4) is 5.75 Å². The van der Waals surface area contributed by atoms with Gasteiger partial charge in [-0.25, -0.2) is 0 Å². The molecule has 31 heavy (non-hydrogen) atoms. The van der Waals surface area contributed by atoms with Gasteiger partial charge < -0.3 is 15.0 Å². The highest BCUT2D eigenvalue weighted by atomic mass is 19.4. The van der Waals surface area contributed by atoms with Gasteiger partial charge >= 0.3 is 6.18 Å². The minimum Gasteiger partial charge on any atom is -0.456 e. The van der Waals surface area contributed by atoms with Gasteiger partial charge in [-0.3, -0.25) is 9.59 Å². The minimum atomic E-state index is -4.61. The highest BCUT2D eigenvalue weighted by molar-refractivity contribution is 6.06. The van der Waals surface area contributed by atoms with Crippen molar-refractivity contribution in [2.45, 2.75) is 33.4 Å².